The molecule has 4 nitrogen and oxygen atoms in total. The molecule has 0 saturated heterocycles. The Morgan fingerprint density at radius 3 is 2.65 bits per heavy atom. The van der Waals surface area contributed by atoms with Crippen LogP contribution in [0.5, 0.6) is 0 Å². The van der Waals surface area contributed by atoms with E-state index in [9.17, 15) is 4.21 Å². The Kier molecular flexibility index (Phi) is 4.68. The minimum Gasteiger partial charge on any atom is -0.399 e. The number of benzene rings is 1. The van der Waals surface area contributed by atoms with E-state index in [0.717, 1.165) is 23.2 Å². The first-order valence-corrected chi connectivity index (χ1v) is 6.70. The van der Waals surface area contributed by atoms with Gasteiger partial charge in [0.25, 0.3) is 0 Å². The van der Waals surface area contributed by atoms with Gasteiger partial charge in [-0.05, 0) is 43.9 Å². The van der Waals surface area contributed by atoms with Gasteiger partial charge in [-0.3, -0.25) is 4.55 Å². The van der Waals surface area contributed by atoms with E-state index in [1.807, 2.05) is 39.0 Å². The quantitative estimate of drug-likeness (QED) is 0.557. The first-order chi connectivity index (χ1) is 7.86. The number of aryl methyl sites for hydroxylation is 1. The van der Waals surface area contributed by atoms with Gasteiger partial charge in [-0.15, -0.1) is 0 Å². The van der Waals surface area contributed by atoms with Gasteiger partial charge in [-0.25, -0.2) is 8.93 Å². The molecule has 1 aromatic rings. The molecular weight excluding hydrogens is 236 g/mol. The molecule has 0 amide bonds. The lowest BCUT2D eigenvalue weighted by molar-refractivity contribution is 0.393. The van der Waals surface area contributed by atoms with Crippen molar-refractivity contribution in [2.24, 2.45) is 0 Å². The van der Waals surface area contributed by atoms with Gasteiger partial charge in [0, 0.05) is 11.2 Å². The van der Waals surface area contributed by atoms with Gasteiger partial charge in [0.05, 0.1) is 0 Å². The van der Waals surface area contributed by atoms with E-state index < -0.39 is 11.3 Å². The highest BCUT2D eigenvalue weighted by Gasteiger charge is 2.24. The van der Waals surface area contributed by atoms with E-state index in [-0.39, 0.29) is 5.54 Å². The van der Waals surface area contributed by atoms with E-state index in [0.29, 0.717) is 6.42 Å². The van der Waals surface area contributed by atoms with Crippen LogP contribution in [0, 0.1) is 6.92 Å². The van der Waals surface area contributed by atoms with E-state index >= 15 is 0 Å². The average molecular weight is 256 g/mol. The maximum atomic E-state index is 10.9. The van der Waals surface area contributed by atoms with Crippen LogP contribution in [0.1, 0.15) is 31.4 Å². The molecule has 0 aliphatic rings. The Morgan fingerprint density at radius 1 is 1.53 bits per heavy atom. The van der Waals surface area contributed by atoms with Crippen LogP contribution < -0.4 is 10.5 Å². The zero-order valence-corrected chi connectivity index (χ0v) is 11.3. The van der Waals surface area contributed by atoms with Crippen LogP contribution in [0.3, 0.4) is 0 Å². The van der Waals surface area contributed by atoms with Crippen molar-refractivity contribution < 1.29 is 8.76 Å². The number of anilines is 1. The molecule has 0 bridgehead atoms. The van der Waals surface area contributed by atoms with Crippen molar-refractivity contribution in [1.82, 2.24) is 4.72 Å². The van der Waals surface area contributed by atoms with Gasteiger partial charge >= 0.3 is 0 Å². The normalized spacial score (nSPS) is 16.5. The fourth-order valence-electron chi connectivity index (χ4n) is 1.74. The van der Waals surface area contributed by atoms with Crippen LogP contribution >= 0.6 is 0 Å². The van der Waals surface area contributed by atoms with Gasteiger partial charge < -0.3 is 5.73 Å². The van der Waals surface area contributed by atoms with E-state index in [1.165, 1.54) is 0 Å². The smallest absolute Gasteiger partial charge is 0.232 e. The summed E-state index contributed by atoms with van der Waals surface area (Å²) in [5, 5.41) is 0. The van der Waals surface area contributed by atoms with Crippen molar-refractivity contribution in [2.45, 2.75) is 39.2 Å². The van der Waals surface area contributed by atoms with Gasteiger partial charge in [0.2, 0.25) is 11.3 Å². The first-order valence-electron chi connectivity index (χ1n) is 5.60. The lowest BCUT2D eigenvalue weighted by Gasteiger charge is -2.27. The van der Waals surface area contributed by atoms with Crippen LogP contribution in [-0.4, -0.2) is 14.3 Å². The molecule has 2 unspecified atom stereocenters. The zero-order valence-electron chi connectivity index (χ0n) is 10.5. The maximum Gasteiger partial charge on any atom is 0.232 e. The third-order valence-electron chi connectivity index (χ3n) is 3.04. The highest BCUT2D eigenvalue weighted by Crippen LogP contribution is 2.20. The van der Waals surface area contributed by atoms with Crippen LogP contribution in [0.15, 0.2) is 18.2 Å². The molecule has 1 rings (SSSR count). The average Bonchev–Trinajstić information content (AvgIpc) is 2.22. The molecule has 0 heterocycles. The summed E-state index contributed by atoms with van der Waals surface area (Å²) in [6, 6.07) is 5.85. The molecule has 0 fully saturated rings. The minimum absolute atomic E-state index is 0.387. The van der Waals surface area contributed by atoms with Crippen molar-refractivity contribution in [1.29, 1.82) is 0 Å². The molecule has 17 heavy (non-hydrogen) atoms. The summed E-state index contributed by atoms with van der Waals surface area (Å²) >= 11 is -1.99. The minimum atomic E-state index is -1.99. The molecule has 1 aromatic carbocycles. The molecular formula is C12H20N2O2S. The predicted molar refractivity (Wildman–Crippen MR) is 71.9 cm³/mol. The number of nitrogen functional groups attached to an aromatic ring is 1. The van der Waals surface area contributed by atoms with Gasteiger partial charge in [-0.1, -0.05) is 19.1 Å². The zero-order chi connectivity index (χ0) is 13.1. The second kappa shape index (κ2) is 5.62. The Labute approximate surface area is 105 Å². The molecule has 0 aromatic heterocycles. The third-order valence-corrected chi connectivity index (χ3v) is 3.71. The Balaban J connectivity index is 2.86. The summed E-state index contributed by atoms with van der Waals surface area (Å²) in [4.78, 5) is 0. The molecule has 4 N–H and O–H groups in total. The Hall–Kier alpha value is -0.910. The summed E-state index contributed by atoms with van der Waals surface area (Å²) in [6.07, 6.45) is 1.46. The second-order valence-electron chi connectivity index (χ2n) is 4.63. The lowest BCUT2D eigenvalue weighted by Crippen LogP contribution is -2.44. The standard InChI is InChI=1S/C12H20N2O2S/c1-4-12(3,14-17(15)16)8-10-5-6-11(13)9(2)7-10/h5-7,14H,4,8,13H2,1-3H3,(H,15,16). The van der Waals surface area contributed by atoms with Gasteiger partial charge in [0.15, 0.2) is 0 Å². The molecule has 96 valence electrons. The Bertz CT molecular complexity index is 423. The van der Waals surface area contributed by atoms with Gasteiger partial charge in [0.1, 0.15) is 0 Å². The van der Waals surface area contributed by atoms with Crippen molar-refractivity contribution >= 4 is 17.0 Å². The van der Waals surface area contributed by atoms with Gasteiger partial charge in [-0.2, -0.15) is 0 Å². The van der Waals surface area contributed by atoms with Crippen LogP contribution in [0.2, 0.25) is 0 Å². The lowest BCUT2D eigenvalue weighted by atomic mass is 9.90. The van der Waals surface area contributed by atoms with Crippen molar-refractivity contribution in [2.75, 3.05) is 5.73 Å². The van der Waals surface area contributed by atoms with Crippen molar-refractivity contribution in [3.8, 4) is 0 Å². The van der Waals surface area contributed by atoms with Crippen molar-refractivity contribution in [3.63, 3.8) is 0 Å². The number of rotatable bonds is 5. The highest BCUT2D eigenvalue weighted by atomic mass is 32.2. The topological polar surface area (TPSA) is 75.3 Å². The number of nitrogens with two attached hydrogens (primary N) is 1. The van der Waals surface area contributed by atoms with Crippen LogP contribution in [-0.2, 0) is 17.7 Å². The van der Waals surface area contributed by atoms with Crippen LogP contribution in [0.25, 0.3) is 0 Å². The molecule has 5 heteroatoms. The molecule has 0 spiro atoms. The number of hydrogen-bond acceptors (Lipinski definition) is 2. The molecule has 0 saturated carbocycles. The summed E-state index contributed by atoms with van der Waals surface area (Å²) in [7, 11) is 0. The molecule has 0 radical (unpaired) electrons. The summed E-state index contributed by atoms with van der Waals surface area (Å²) in [5.41, 5.74) is 8.29. The number of nitrogens with one attached hydrogen (secondary N) is 1. The SMILES string of the molecule is CCC(C)(Cc1ccc(N)c(C)c1)NS(=O)O. The van der Waals surface area contributed by atoms with E-state index in [1.54, 1.807) is 0 Å². The Morgan fingerprint density at radius 2 is 2.18 bits per heavy atom. The second-order valence-corrected chi connectivity index (χ2v) is 5.34. The fraction of sp³-hybridized carbons (Fsp3) is 0.500. The fourth-order valence-corrected chi connectivity index (χ4v) is 2.38. The van der Waals surface area contributed by atoms with E-state index in [2.05, 4.69) is 4.72 Å². The monoisotopic (exact) mass is 256 g/mol. The third kappa shape index (κ3) is 4.11. The summed E-state index contributed by atoms with van der Waals surface area (Å²) in [5.74, 6) is 0. The maximum absolute atomic E-state index is 10.9. The van der Waals surface area contributed by atoms with E-state index in [4.69, 9.17) is 10.3 Å². The largest absolute Gasteiger partial charge is 0.399 e. The molecule has 0 aliphatic heterocycles. The molecule has 2 atom stereocenters. The van der Waals surface area contributed by atoms with Crippen LogP contribution in [0.4, 0.5) is 5.69 Å². The first kappa shape index (κ1) is 14.2. The summed E-state index contributed by atoms with van der Waals surface area (Å²) < 4.78 is 22.5. The van der Waals surface area contributed by atoms with Crippen molar-refractivity contribution in [3.05, 3.63) is 29.3 Å². The number of hydrogen-bond donors (Lipinski definition) is 3. The highest BCUT2D eigenvalue weighted by molar-refractivity contribution is 7.77. The predicted octanol–water partition coefficient (Wildman–Crippen LogP) is 2.01. The molecule has 0 aliphatic carbocycles. The summed E-state index contributed by atoms with van der Waals surface area (Å²) in [6.45, 7) is 5.89.